The molecule has 7 heteroatoms. The number of anilines is 1. The first-order valence-corrected chi connectivity index (χ1v) is 8.44. The number of nitro groups is 1. The number of benzene rings is 2. The maximum absolute atomic E-state index is 12.5. The first kappa shape index (κ1) is 17.9. The maximum atomic E-state index is 12.5. The molecule has 7 nitrogen and oxygen atoms in total. The second-order valence-electron chi connectivity index (χ2n) is 6.18. The number of amides is 1. The average Bonchev–Trinajstić information content (AvgIpc) is 3.15. The zero-order valence-corrected chi connectivity index (χ0v) is 14.4. The molecule has 1 fully saturated rings. The van der Waals surface area contributed by atoms with Crippen molar-refractivity contribution in [3.63, 3.8) is 0 Å². The van der Waals surface area contributed by atoms with E-state index in [9.17, 15) is 14.9 Å². The van der Waals surface area contributed by atoms with E-state index >= 15 is 0 Å². The summed E-state index contributed by atoms with van der Waals surface area (Å²) < 4.78 is 11.2. The molecule has 0 aromatic heterocycles. The third-order valence-corrected chi connectivity index (χ3v) is 4.24. The lowest BCUT2D eigenvalue weighted by molar-refractivity contribution is -0.384. The van der Waals surface area contributed by atoms with Crippen molar-refractivity contribution in [1.82, 2.24) is 0 Å². The Morgan fingerprint density at radius 1 is 1.35 bits per heavy atom. The van der Waals surface area contributed by atoms with Gasteiger partial charge in [0.25, 0.3) is 11.6 Å². The summed E-state index contributed by atoms with van der Waals surface area (Å²) in [7, 11) is 0. The molecule has 0 saturated carbocycles. The molecule has 1 aliphatic heterocycles. The molecule has 3 rings (SSSR count). The summed E-state index contributed by atoms with van der Waals surface area (Å²) in [5, 5.41) is 13.6. The second-order valence-corrected chi connectivity index (χ2v) is 6.18. The zero-order valence-electron chi connectivity index (χ0n) is 14.4. The summed E-state index contributed by atoms with van der Waals surface area (Å²) in [6.45, 7) is 2.99. The van der Waals surface area contributed by atoms with Gasteiger partial charge in [-0.05, 0) is 43.5 Å². The molecule has 136 valence electrons. The molecule has 1 saturated heterocycles. The lowest BCUT2D eigenvalue weighted by Crippen LogP contribution is -2.17. The molecule has 0 aliphatic carbocycles. The summed E-state index contributed by atoms with van der Waals surface area (Å²) >= 11 is 0. The van der Waals surface area contributed by atoms with Crippen LogP contribution in [0.3, 0.4) is 0 Å². The molecule has 1 amide bonds. The number of carbonyl (C=O) groups is 1. The molecule has 1 heterocycles. The van der Waals surface area contributed by atoms with Gasteiger partial charge >= 0.3 is 0 Å². The van der Waals surface area contributed by atoms with E-state index in [1.807, 2.05) is 0 Å². The highest BCUT2D eigenvalue weighted by atomic mass is 16.6. The number of hydrogen-bond donors (Lipinski definition) is 1. The molecule has 0 spiro atoms. The van der Waals surface area contributed by atoms with Gasteiger partial charge in [-0.2, -0.15) is 0 Å². The van der Waals surface area contributed by atoms with E-state index in [2.05, 4.69) is 5.32 Å². The van der Waals surface area contributed by atoms with Crippen LogP contribution in [0.2, 0.25) is 0 Å². The quantitative estimate of drug-likeness (QED) is 0.629. The van der Waals surface area contributed by atoms with Gasteiger partial charge in [0.15, 0.2) is 0 Å². The minimum atomic E-state index is -0.491. The summed E-state index contributed by atoms with van der Waals surface area (Å²) in [6.07, 6.45) is 2.12. The van der Waals surface area contributed by atoms with Crippen molar-refractivity contribution in [1.29, 1.82) is 0 Å². The van der Waals surface area contributed by atoms with Gasteiger partial charge in [0.05, 0.1) is 16.7 Å². The summed E-state index contributed by atoms with van der Waals surface area (Å²) in [5.41, 5.74) is 1.50. The number of nitro benzene ring substituents is 1. The Kier molecular flexibility index (Phi) is 5.48. The molecule has 26 heavy (non-hydrogen) atoms. The fourth-order valence-corrected chi connectivity index (χ4v) is 2.74. The van der Waals surface area contributed by atoms with E-state index < -0.39 is 4.92 Å². The minimum Gasteiger partial charge on any atom is -0.491 e. The highest BCUT2D eigenvalue weighted by Gasteiger charge is 2.17. The fourth-order valence-electron chi connectivity index (χ4n) is 2.74. The highest BCUT2D eigenvalue weighted by molar-refractivity contribution is 6.05. The average molecular weight is 356 g/mol. The van der Waals surface area contributed by atoms with E-state index in [4.69, 9.17) is 9.47 Å². The normalized spacial score (nSPS) is 16.3. The topological polar surface area (TPSA) is 90.7 Å². The van der Waals surface area contributed by atoms with Crippen LogP contribution in [0.15, 0.2) is 42.5 Å². The number of hydrogen-bond acceptors (Lipinski definition) is 5. The number of nitrogens with zero attached hydrogens (tertiary/aromatic N) is 1. The second kappa shape index (κ2) is 7.97. The van der Waals surface area contributed by atoms with Crippen LogP contribution in [0.4, 0.5) is 11.4 Å². The van der Waals surface area contributed by atoms with Crippen LogP contribution < -0.4 is 10.1 Å². The Labute approximate surface area is 151 Å². The first-order valence-electron chi connectivity index (χ1n) is 8.44. The van der Waals surface area contributed by atoms with E-state index in [-0.39, 0.29) is 17.7 Å². The smallest absolute Gasteiger partial charge is 0.271 e. The van der Waals surface area contributed by atoms with Gasteiger partial charge in [-0.25, -0.2) is 0 Å². The van der Waals surface area contributed by atoms with Crippen LogP contribution in [-0.4, -0.2) is 30.1 Å². The lowest BCUT2D eigenvalue weighted by atomic mass is 10.1. The Morgan fingerprint density at radius 2 is 2.19 bits per heavy atom. The number of non-ortho nitro benzene ring substituents is 1. The van der Waals surface area contributed by atoms with Crippen LogP contribution in [0.5, 0.6) is 5.75 Å². The van der Waals surface area contributed by atoms with E-state index in [0.29, 0.717) is 23.6 Å². The minimum absolute atomic E-state index is 0.0699. The largest absolute Gasteiger partial charge is 0.491 e. The highest BCUT2D eigenvalue weighted by Crippen LogP contribution is 2.23. The number of aryl methyl sites for hydroxylation is 1. The summed E-state index contributed by atoms with van der Waals surface area (Å²) in [6, 6.07) is 11.2. The van der Waals surface area contributed by atoms with Crippen LogP contribution in [0, 0.1) is 17.0 Å². The lowest BCUT2D eigenvalue weighted by Gasteiger charge is -2.12. The SMILES string of the molecule is Cc1ccc([N+](=O)[O-])cc1NC(=O)c1cccc(OCC2CCCO2)c1. The van der Waals surface area contributed by atoms with Crippen molar-refractivity contribution in [2.75, 3.05) is 18.5 Å². The molecule has 1 N–H and O–H groups in total. The Bertz CT molecular complexity index is 815. The van der Waals surface area contributed by atoms with Crippen LogP contribution in [0.25, 0.3) is 0 Å². The molecule has 2 aromatic rings. The van der Waals surface area contributed by atoms with Crippen molar-refractivity contribution in [3.05, 3.63) is 63.7 Å². The Balaban J connectivity index is 1.68. The number of nitrogens with one attached hydrogen (secondary N) is 1. The first-order chi connectivity index (χ1) is 12.5. The number of ether oxygens (including phenoxy) is 2. The molecule has 1 unspecified atom stereocenters. The maximum Gasteiger partial charge on any atom is 0.271 e. The van der Waals surface area contributed by atoms with Gasteiger partial charge < -0.3 is 14.8 Å². The number of rotatable bonds is 6. The van der Waals surface area contributed by atoms with Crippen molar-refractivity contribution in [3.8, 4) is 5.75 Å². The van der Waals surface area contributed by atoms with Crippen molar-refractivity contribution < 1.29 is 19.2 Å². The van der Waals surface area contributed by atoms with Gasteiger partial charge in [-0.1, -0.05) is 12.1 Å². The van der Waals surface area contributed by atoms with Crippen molar-refractivity contribution >= 4 is 17.3 Å². The fraction of sp³-hybridized carbons (Fsp3) is 0.316. The Hall–Kier alpha value is -2.93. The van der Waals surface area contributed by atoms with Gasteiger partial charge in [-0.15, -0.1) is 0 Å². The van der Waals surface area contributed by atoms with E-state index in [1.54, 1.807) is 37.3 Å². The monoisotopic (exact) mass is 356 g/mol. The third-order valence-electron chi connectivity index (χ3n) is 4.24. The standard InChI is InChI=1S/C19H20N2O5/c1-13-7-8-15(21(23)24)11-18(13)20-19(22)14-4-2-5-16(10-14)26-12-17-6-3-9-25-17/h2,4-5,7-8,10-11,17H,3,6,9,12H2,1H3,(H,20,22). The molecule has 2 aromatic carbocycles. The molecule has 1 aliphatic rings. The van der Waals surface area contributed by atoms with Gasteiger partial charge in [0.2, 0.25) is 0 Å². The van der Waals surface area contributed by atoms with Gasteiger partial charge in [-0.3, -0.25) is 14.9 Å². The predicted octanol–water partition coefficient (Wildman–Crippen LogP) is 3.71. The molecular weight excluding hydrogens is 336 g/mol. The Morgan fingerprint density at radius 3 is 2.92 bits per heavy atom. The molecule has 0 bridgehead atoms. The van der Waals surface area contributed by atoms with Crippen LogP contribution in [-0.2, 0) is 4.74 Å². The van der Waals surface area contributed by atoms with Crippen LogP contribution in [0.1, 0.15) is 28.8 Å². The molecule has 1 atom stereocenters. The zero-order chi connectivity index (χ0) is 18.5. The summed E-state index contributed by atoms with van der Waals surface area (Å²) in [4.78, 5) is 22.9. The van der Waals surface area contributed by atoms with E-state index in [1.165, 1.54) is 12.1 Å². The van der Waals surface area contributed by atoms with Gasteiger partial charge in [0.1, 0.15) is 12.4 Å². The van der Waals surface area contributed by atoms with Crippen molar-refractivity contribution in [2.24, 2.45) is 0 Å². The summed E-state index contributed by atoms with van der Waals surface area (Å²) in [5.74, 6) is 0.236. The van der Waals surface area contributed by atoms with Crippen molar-refractivity contribution in [2.45, 2.75) is 25.9 Å². The molecule has 0 radical (unpaired) electrons. The number of carbonyl (C=O) groups excluding carboxylic acids is 1. The van der Waals surface area contributed by atoms with Gasteiger partial charge in [0, 0.05) is 24.3 Å². The van der Waals surface area contributed by atoms with E-state index in [0.717, 1.165) is 25.0 Å². The van der Waals surface area contributed by atoms with Crippen LogP contribution >= 0.6 is 0 Å². The predicted molar refractivity (Wildman–Crippen MR) is 96.7 cm³/mol. The third kappa shape index (κ3) is 4.37. The molecular formula is C19H20N2O5.